The van der Waals surface area contributed by atoms with Crippen molar-refractivity contribution in [1.82, 2.24) is 5.32 Å². The number of ether oxygens (including phenoxy) is 1. The van der Waals surface area contributed by atoms with Gasteiger partial charge in [-0.15, -0.1) is 0 Å². The average Bonchev–Trinajstić information content (AvgIpc) is 2.38. The normalized spacial score (nSPS) is 11.9. The molecule has 0 radical (unpaired) electrons. The zero-order chi connectivity index (χ0) is 13.4. The van der Waals surface area contributed by atoms with E-state index in [0.717, 1.165) is 5.57 Å². The SMILES string of the molecule is C=C(C)COCCNC(=O)C(O)c1ccccc1. The standard InChI is InChI=1S/C14H19NO3/c1-11(2)10-18-9-8-15-14(17)13(16)12-6-4-3-5-7-12/h3-7,13,16H,1,8-10H2,2H3,(H,15,17). The lowest BCUT2D eigenvalue weighted by molar-refractivity contribution is -0.129. The Hall–Kier alpha value is -1.65. The molecule has 0 heterocycles. The van der Waals surface area contributed by atoms with Gasteiger partial charge in [0.1, 0.15) is 0 Å². The van der Waals surface area contributed by atoms with Crippen molar-refractivity contribution >= 4 is 5.91 Å². The van der Waals surface area contributed by atoms with Crippen LogP contribution in [0, 0.1) is 0 Å². The molecule has 98 valence electrons. The molecule has 0 spiro atoms. The Labute approximate surface area is 107 Å². The van der Waals surface area contributed by atoms with Gasteiger partial charge in [-0.2, -0.15) is 0 Å². The summed E-state index contributed by atoms with van der Waals surface area (Å²) in [6, 6.07) is 8.81. The Morgan fingerprint density at radius 1 is 1.44 bits per heavy atom. The summed E-state index contributed by atoms with van der Waals surface area (Å²) in [4.78, 5) is 11.6. The summed E-state index contributed by atoms with van der Waals surface area (Å²) in [5.74, 6) is -0.417. The molecule has 0 aliphatic rings. The molecule has 1 aromatic rings. The van der Waals surface area contributed by atoms with E-state index < -0.39 is 12.0 Å². The fourth-order valence-corrected chi connectivity index (χ4v) is 1.38. The molecule has 1 atom stereocenters. The molecule has 4 nitrogen and oxygen atoms in total. The van der Waals surface area contributed by atoms with E-state index in [1.165, 1.54) is 0 Å². The minimum absolute atomic E-state index is 0.371. The van der Waals surface area contributed by atoms with Crippen LogP contribution >= 0.6 is 0 Å². The molecule has 0 bridgehead atoms. The Bertz CT molecular complexity index is 389. The van der Waals surface area contributed by atoms with Gasteiger partial charge in [0.15, 0.2) is 6.10 Å². The molecule has 1 unspecified atom stereocenters. The molecule has 18 heavy (non-hydrogen) atoms. The highest BCUT2D eigenvalue weighted by atomic mass is 16.5. The second kappa shape index (κ2) is 7.63. The highest BCUT2D eigenvalue weighted by molar-refractivity contribution is 5.81. The predicted molar refractivity (Wildman–Crippen MR) is 70.0 cm³/mol. The minimum Gasteiger partial charge on any atom is -0.378 e. The Kier molecular flexibility index (Phi) is 6.11. The number of hydrogen-bond donors (Lipinski definition) is 2. The van der Waals surface area contributed by atoms with E-state index in [4.69, 9.17) is 4.74 Å². The molecule has 0 aromatic heterocycles. The second-order valence-electron chi connectivity index (χ2n) is 4.11. The number of benzene rings is 1. The average molecular weight is 249 g/mol. The van der Waals surface area contributed by atoms with Crippen molar-refractivity contribution in [2.75, 3.05) is 19.8 Å². The van der Waals surface area contributed by atoms with Crippen LogP contribution in [0.4, 0.5) is 0 Å². The van der Waals surface area contributed by atoms with Crippen LogP contribution in [0.15, 0.2) is 42.5 Å². The number of nitrogens with one attached hydrogen (secondary N) is 1. The van der Waals surface area contributed by atoms with Gasteiger partial charge < -0.3 is 15.2 Å². The van der Waals surface area contributed by atoms with Crippen molar-refractivity contribution < 1.29 is 14.6 Å². The van der Waals surface area contributed by atoms with Crippen LogP contribution in [0.5, 0.6) is 0 Å². The number of amides is 1. The smallest absolute Gasteiger partial charge is 0.253 e. The lowest BCUT2D eigenvalue weighted by atomic mass is 10.1. The number of hydrogen-bond acceptors (Lipinski definition) is 3. The monoisotopic (exact) mass is 249 g/mol. The minimum atomic E-state index is -1.13. The molecule has 0 saturated heterocycles. The molecule has 0 fully saturated rings. The molecule has 1 rings (SSSR count). The first-order valence-corrected chi connectivity index (χ1v) is 5.84. The van der Waals surface area contributed by atoms with Gasteiger partial charge in [0, 0.05) is 6.54 Å². The van der Waals surface area contributed by atoms with Gasteiger partial charge in [-0.25, -0.2) is 0 Å². The van der Waals surface area contributed by atoms with Gasteiger partial charge in [-0.05, 0) is 12.5 Å². The van der Waals surface area contributed by atoms with Crippen molar-refractivity contribution in [1.29, 1.82) is 0 Å². The summed E-state index contributed by atoms with van der Waals surface area (Å²) in [6.45, 7) is 6.83. The van der Waals surface area contributed by atoms with Crippen molar-refractivity contribution in [3.8, 4) is 0 Å². The van der Waals surface area contributed by atoms with Gasteiger partial charge >= 0.3 is 0 Å². The first-order chi connectivity index (χ1) is 8.61. The first-order valence-electron chi connectivity index (χ1n) is 5.84. The maximum atomic E-state index is 11.6. The van der Waals surface area contributed by atoms with Gasteiger partial charge in [0.25, 0.3) is 5.91 Å². The van der Waals surface area contributed by atoms with E-state index in [0.29, 0.717) is 25.3 Å². The number of carbonyl (C=O) groups excluding carboxylic acids is 1. The Morgan fingerprint density at radius 2 is 2.11 bits per heavy atom. The summed E-state index contributed by atoms with van der Waals surface area (Å²) in [5.41, 5.74) is 1.52. The maximum Gasteiger partial charge on any atom is 0.253 e. The zero-order valence-corrected chi connectivity index (χ0v) is 10.6. The third kappa shape index (κ3) is 5.12. The Morgan fingerprint density at radius 3 is 2.72 bits per heavy atom. The zero-order valence-electron chi connectivity index (χ0n) is 10.6. The molecular formula is C14H19NO3. The molecule has 0 aliphatic carbocycles. The van der Waals surface area contributed by atoms with Crippen LogP contribution < -0.4 is 5.32 Å². The fourth-order valence-electron chi connectivity index (χ4n) is 1.38. The van der Waals surface area contributed by atoms with Crippen LogP contribution in [-0.2, 0) is 9.53 Å². The fraction of sp³-hybridized carbons (Fsp3) is 0.357. The number of aliphatic hydroxyl groups is 1. The van der Waals surface area contributed by atoms with Crippen LogP contribution in [0.1, 0.15) is 18.6 Å². The van der Waals surface area contributed by atoms with Crippen molar-refractivity contribution in [2.45, 2.75) is 13.0 Å². The molecule has 0 aliphatic heterocycles. The summed E-state index contributed by atoms with van der Waals surface area (Å²) in [6.07, 6.45) is -1.13. The summed E-state index contributed by atoms with van der Waals surface area (Å²) in [5, 5.41) is 12.4. The lowest BCUT2D eigenvalue weighted by Gasteiger charge is -2.11. The lowest BCUT2D eigenvalue weighted by Crippen LogP contribution is -2.32. The summed E-state index contributed by atoms with van der Waals surface area (Å²) < 4.78 is 5.24. The van der Waals surface area contributed by atoms with Gasteiger partial charge in [-0.3, -0.25) is 4.79 Å². The van der Waals surface area contributed by atoms with E-state index in [1.807, 2.05) is 13.0 Å². The van der Waals surface area contributed by atoms with Crippen LogP contribution in [0.3, 0.4) is 0 Å². The van der Waals surface area contributed by atoms with Gasteiger partial charge in [0.05, 0.1) is 13.2 Å². The molecule has 1 amide bonds. The highest BCUT2D eigenvalue weighted by Crippen LogP contribution is 2.11. The summed E-state index contributed by atoms with van der Waals surface area (Å²) >= 11 is 0. The van der Waals surface area contributed by atoms with Crippen LogP contribution in [0.25, 0.3) is 0 Å². The van der Waals surface area contributed by atoms with E-state index in [-0.39, 0.29) is 0 Å². The van der Waals surface area contributed by atoms with Gasteiger partial charge in [-0.1, -0.05) is 42.5 Å². The van der Waals surface area contributed by atoms with Crippen LogP contribution in [-0.4, -0.2) is 30.8 Å². The summed E-state index contributed by atoms with van der Waals surface area (Å²) in [7, 11) is 0. The van der Waals surface area contributed by atoms with E-state index >= 15 is 0 Å². The molecular weight excluding hydrogens is 230 g/mol. The Balaban J connectivity index is 2.26. The third-order valence-corrected chi connectivity index (χ3v) is 2.26. The number of rotatable bonds is 7. The number of aliphatic hydroxyl groups excluding tert-OH is 1. The molecule has 2 N–H and O–H groups in total. The molecule has 1 aromatic carbocycles. The quantitative estimate of drug-likeness (QED) is 0.567. The highest BCUT2D eigenvalue weighted by Gasteiger charge is 2.15. The van der Waals surface area contributed by atoms with Crippen molar-refractivity contribution in [3.63, 3.8) is 0 Å². The first kappa shape index (κ1) is 14.4. The number of carbonyl (C=O) groups is 1. The second-order valence-corrected chi connectivity index (χ2v) is 4.11. The van der Waals surface area contributed by atoms with Gasteiger partial charge in [0.2, 0.25) is 0 Å². The van der Waals surface area contributed by atoms with E-state index in [2.05, 4.69) is 11.9 Å². The van der Waals surface area contributed by atoms with E-state index in [1.54, 1.807) is 24.3 Å². The molecule has 4 heteroatoms. The topological polar surface area (TPSA) is 58.6 Å². The van der Waals surface area contributed by atoms with Crippen molar-refractivity contribution in [2.24, 2.45) is 0 Å². The molecule has 0 saturated carbocycles. The maximum absolute atomic E-state index is 11.6. The predicted octanol–water partition coefficient (Wildman–Crippen LogP) is 1.43. The largest absolute Gasteiger partial charge is 0.378 e. The van der Waals surface area contributed by atoms with Crippen LogP contribution in [0.2, 0.25) is 0 Å². The van der Waals surface area contributed by atoms with Crippen molar-refractivity contribution in [3.05, 3.63) is 48.0 Å². The third-order valence-electron chi connectivity index (χ3n) is 2.26. The van der Waals surface area contributed by atoms with E-state index in [9.17, 15) is 9.90 Å².